The highest BCUT2D eigenvalue weighted by Crippen LogP contribution is 2.33. The van der Waals surface area contributed by atoms with E-state index in [1.165, 1.54) is 9.47 Å². The number of ether oxygens (including phenoxy) is 1. The Kier molecular flexibility index (Phi) is 8.19. The van der Waals surface area contributed by atoms with Crippen molar-refractivity contribution in [1.29, 1.82) is 0 Å². The van der Waals surface area contributed by atoms with Crippen LogP contribution in [0.4, 0.5) is 11.5 Å². The zero-order valence-corrected chi connectivity index (χ0v) is 20.8. The summed E-state index contributed by atoms with van der Waals surface area (Å²) in [5, 5.41) is 0. The predicted octanol–water partition coefficient (Wildman–Crippen LogP) is 2.61. The van der Waals surface area contributed by atoms with Crippen LogP contribution in [0.2, 0.25) is 0 Å². The minimum Gasteiger partial charge on any atom is -0.497 e. The van der Waals surface area contributed by atoms with Gasteiger partial charge in [-0.15, -0.1) is 0 Å². The van der Waals surface area contributed by atoms with Crippen LogP contribution in [0.25, 0.3) is 0 Å². The van der Waals surface area contributed by atoms with Crippen LogP contribution in [-0.4, -0.2) is 47.1 Å². The quantitative estimate of drug-likeness (QED) is 0.581. The molecule has 1 aliphatic heterocycles. The number of nitrogens with zero attached hydrogens (tertiary/aromatic N) is 3. The van der Waals surface area contributed by atoms with Crippen molar-refractivity contribution in [2.75, 3.05) is 37.4 Å². The fourth-order valence-electron chi connectivity index (χ4n) is 4.57. The molecular formula is C25H37N5O4. The Balaban J connectivity index is 1.94. The van der Waals surface area contributed by atoms with Crippen LogP contribution in [0, 0.1) is 11.8 Å². The molecule has 1 saturated heterocycles. The molecule has 1 amide bonds. The number of anilines is 2. The van der Waals surface area contributed by atoms with Crippen molar-refractivity contribution < 1.29 is 9.53 Å². The second-order valence-corrected chi connectivity index (χ2v) is 9.80. The van der Waals surface area contributed by atoms with Crippen LogP contribution in [0.15, 0.2) is 33.9 Å². The second kappa shape index (κ2) is 10.9. The van der Waals surface area contributed by atoms with E-state index < -0.39 is 11.2 Å². The number of rotatable bonds is 9. The highest BCUT2D eigenvalue weighted by molar-refractivity contribution is 5.97. The van der Waals surface area contributed by atoms with Gasteiger partial charge in [0, 0.05) is 19.1 Å². The SMILES string of the molecule is COc1cccc(C2CCCN2CC(=O)N(CC(C)C)c2c(N)n(CC(C)C)c(=O)[nH]c2=O)c1. The number of H-pyrrole nitrogens is 1. The minimum absolute atomic E-state index is 0.0298. The molecule has 1 unspecified atom stereocenters. The summed E-state index contributed by atoms with van der Waals surface area (Å²) in [5.74, 6) is 0.837. The molecule has 0 aliphatic carbocycles. The normalized spacial score (nSPS) is 16.4. The number of methoxy groups -OCH3 is 1. The molecule has 2 aromatic rings. The summed E-state index contributed by atoms with van der Waals surface area (Å²) < 4.78 is 6.72. The third-order valence-corrected chi connectivity index (χ3v) is 6.06. The number of amides is 1. The first-order chi connectivity index (χ1) is 16.1. The number of nitrogen functional groups attached to an aromatic ring is 1. The summed E-state index contributed by atoms with van der Waals surface area (Å²) in [6, 6.07) is 8.00. The zero-order chi connectivity index (χ0) is 25.0. The van der Waals surface area contributed by atoms with E-state index in [9.17, 15) is 14.4 Å². The number of carbonyl (C=O) groups is 1. The van der Waals surface area contributed by atoms with Gasteiger partial charge in [0.2, 0.25) is 5.91 Å². The van der Waals surface area contributed by atoms with Gasteiger partial charge in [0.1, 0.15) is 11.6 Å². The van der Waals surface area contributed by atoms with E-state index in [4.69, 9.17) is 10.5 Å². The fraction of sp³-hybridized carbons (Fsp3) is 0.560. The van der Waals surface area contributed by atoms with Crippen molar-refractivity contribution in [3.05, 3.63) is 50.7 Å². The Morgan fingerprint density at radius 3 is 2.62 bits per heavy atom. The first-order valence-corrected chi connectivity index (χ1v) is 11.9. The van der Waals surface area contributed by atoms with Crippen LogP contribution in [0.3, 0.4) is 0 Å². The van der Waals surface area contributed by atoms with Crippen molar-refractivity contribution in [3.63, 3.8) is 0 Å². The number of carbonyl (C=O) groups excluding carboxylic acids is 1. The molecule has 1 fully saturated rings. The number of aromatic amines is 1. The number of aromatic nitrogens is 2. The number of hydrogen-bond acceptors (Lipinski definition) is 6. The molecule has 1 aromatic heterocycles. The summed E-state index contributed by atoms with van der Waals surface area (Å²) in [6.07, 6.45) is 1.91. The van der Waals surface area contributed by atoms with Crippen molar-refractivity contribution in [2.45, 2.75) is 53.1 Å². The lowest BCUT2D eigenvalue weighted by Crippen LogP contribution is -2.46. The summed E-state index contributed by atoms with van der Waals surface area (Å²) in [5.41, 5.74) is 6.28. The summed E-state index contributed by atoms with van der Waals surface area (Å²) in [6.45, 7) is 9.47. The number of likely N-dealkylation sites (tertiary alicyclic amines) is 1. The van der Waals surface area contributed by atoms with Gasteiger partial charge in [-0.25, -0.2) is 4.79 Å². The molecular weight excluding hydrogens is 434 g/mol. The van der Waals surface area contributed by atoms with E-state index in [-0.39, 0.29) is 41.8 Å². The van der Waals surface area contributed by atoms with Gasteiger partial charge >= 0.3 is 5.69 Å². The third kappa shape index (κ3) is 5.70. The Morgan fingerprint density at radius 2 is 1.97 bits per heavy atom. The van der Waals surface area contributed by atoms with Gasteiger partial charge in [0.05, 0.1) is 13.7 Å². The van der Waals surface area contributed by atoms with E-state index in [0.717, 1.165) is 30.7 Å². The van der Waals surface area contributed by atoms with Gasteiger partial charge < -0.3 is 15.4 Å². The van der Waals surface area contributed by atoms with Crippen LogP contribution in [0.1, 0.15) is 52.1 Å². The van der Waals surface area contributed by atoms with Gasteiger partial charge in [-0.3, -0.25) is 24.0 Å². The third-order valence-electron chi connectivity index (χ3n) is 6.06. The minimum atomic E-state index is -0.637. The van der Waals surface area contributed by atoms with Crippen LogP contribution in [0.5, 0.6) is 5.75 Å². The number of benzene rings is 1. The smallest absolute Gasteiger partial charge is 0.330 e. The Hall–Kier alpha value is -3.07. The van der Waals surface area contributed by atoms with E-state index in [0.29, 0.717) is 13.1 Å². The standard InChI is InChI=1S/C25H37N5O4/c1-16(2)13-29(22-23(26)30(14-17(3)4)25(33)27-24(22)32)21(31)15-28-11-7-10-20(28)18-8-6-9-19(12-18)34-5/h6,8-9,12,16-17,20H,7,10-11,13-15,26H2,1-5H3,(H,27,32,33). The van der Waals surface area contributed by atoms with Gasteiger partial charge in [-0.05, 0) is 48.9 Å². The molecule has 3 N–H and O–H groups in total. The lowest BCUT2D eigenvalue weighted by molar-refractivity contribution is -0.120. The molecule has 0 bridgehead atoms. The average Bonchev–Trinajstić information content (AvgIpc) is 3.23. The Labute approximate surface area is 200 Å². The monoisotopic (exact) mass is 471 g/mol. The maximum absolute atomic E-state index is 13.6. The van der Waals surface area contributed by atoms with Crippen molar-refractivity contribution in [2.24, 2.45) is 11.8 Å². The van der Waals surface area contributed by atoms with Gasteiger partial charge in [-0.1, -0.05) is 39.8 Å². The molecule has 3 rings (SSSR count). The van der Waals surface area contributed by atoms with E-state index >= 15 is 0 Å². The van der Waals surface area contributed by atoms with Crippen molar-refractivity contribution in [3.8, 4) is 5.75 Å². The number of nitrogens with two attached hydrogens (primary N) is 1. The van der Waals surface area contributed by atoms with Crippen LogP contribution >= 0.6 is 0 Å². The zero-order valence-electron chi connectivity index (χ0n) is 20.8. The first-order valence-electron chi connectivity index (χ1n) is 11.9. The topological polar surface area (TPSA) is 114 Å². The fourth-order valence-corrected chi connectivity index (χ4v) is 4.57. The lowest BCUT2D eigenvalue weighted by atomic mass is 10.0. The summed E-state index contributed by atoms with van der Waals surface area (Å²) in [7, 11) is 1.64. The Morgan fingerprint density at radius 1 is 1.24 bits per heavy atom. The highest BCUT2D eigenvalue weighted by Gasteiger charge is 2.32. The van der Waals surface area contributed by atoms with Gasteiger partial charge in [-0.2, -0.15) is 0 Å². The molecule has 0 spiro atoms. The molecule has 0 saturated carbocycles. The average molecular weight is 472 g/mol. The summed E-state index contributed by atoms with van der Waals surface area (Å²) in [4.78, 5) is 44.8. The van der Waals surface area contributed by atoms with Gasteiger partial charge in [0.25, 0.3) is 5.56 Å². The Bertz CT molecular complexity index is 1120. The van der Waals surface area contributed by atoms with E-state index in [1.54, 1.807) is 7.11 Å². The molecule has 2 heterocycles. The molecule has 1 aromatic carbocycles. The predicted molar refractivity (Wildman–Crippen MR) is 134 cm³/mol. The lowest BCUT2D eigenvalue weighted by Gasteiger charge is -2.30. The molecule has 9 heteroatoms. The maximum Gasteiger partial charge on any atom is 0.330 e. The van der Waals surface area contributed by atoms with E-state index in [2.05, 4.69) is 9.88 Å². The number of nitrogens with one attached hydrogen (secondary N) is 1. The van der Waals surface area contributed by atoms with Crippen LogP contribution < -0.4 is 26.6 Å². The van der Waals surface area contributed by atoms with Gasteiger partial charge in [0.15, 0.2) is 5.69 Å². The molecule has 34 heavy (non-hydrogen) atoms. The summed E-state index contributed by atoms with van der Waals surface area (Å²) >= 11 is 0. The van der Waals surface area contributed by atoms with Crippen molar-refractivity contribution in [1.82, 2.24) is 14.5 Å². The second-order valence-electron chi connectivity index (χ2n) is 9.80. The first kappa shape index (κ1) is 25.6. The van der Waals surface area contributed by atoms with Crippen LogP contribution in [-0.2, 0) is 11.3 Å². The molecule has 1 aliphatic rings. The largest absolute Gasteiger partial charge is 0.497 e. The highest BCUT2D eigenvalue weighted by atomic mass is 16.5. The molecule has 186 valence electrons. The maximum atomic E-state index is 13.6. The molecule has 9 nitrogen and oxygen atoms in total. The molecule has 0 radical (unpaired) electrons. The van der Waals surface area contributed by atoms with E-state index in [1.807, 2.05) is 52.0 Å². The number of hydrogen-bond donors (Lipinski definition) is 2. The molecule has 1 atom stereocenters. The van der Waals surface area contributed by atoms with Crippen molar-refractivity contribution >= 4 is 17.4 Å².